The molecule has 0 aliphatic heterocycles. The highest BCUT2D eigenvalue weighted by Gasteiger charge is 2.16. The molecule has 0 amide bonds. The molecule has 0 fully saturated rings. The minimum absolute atomic E-state index is 0.0372. The van der Waals surface area contributed by atoms with E-state index in [0.29, 0.717) is 5.69 Å². The van der Waals surface area contributed by atoms with Crippen molar-refractivity contribution in [1.82, 2.24) is 9.55 Å². The molecule has 4 nitrogen and oxygen atoms in total. The van der Waals surface area contributed by atoms with Crippen LogP contribution >= 0.6 is 0 Å². The molecular weight excluding hydrogens is 240 g/mol. The van der Waals surface area contributed by atoms with Gasteiger partial charge in [-0.15, -0.1) is 0 Å². The molecule has 2 aromatic rings. The molecule has 0 saturated carbocycles. The highest BCUT2D eigenvalue weighted by atomic mass is 16.4. The first-order valence-electron chi connectivity index (χ1n) is 6.21. The van der Waals surface area contributed by atoms with Crippen LogP contribution in [0.2, 0.25) is 0 Å². The van der Waals surface area contributed by atoms with E-state index < -0.39 is 5.97 Å². The largest absolute Gasteiger partial charge is 0.481 e. The van der Waals surface area contributed by atoms with Crippen LogP contribution in [0.15, 0.2) is 18.2 Å². The van der Waals surface area contributed by atoms with Crippen molar-refractivity contribution in [2.24, 2.45) is 7.05 Å². The van der Waals surface area contributed by atoms with Gasteiger partial charge in [-0.05, 0) is 32.4 Å². The third-order valence-corrected chi connectivity index (χ3v) is 3.43. The molecule has 19 heavy (non-hydrogen) atoms. The number of hydrogen-bond acceptors (Lipinski definition) is 2. The lowest BCUT2D eigenvalue weighted by molar-refractivity contribution is -0.136. The summed E-state index contributed by atoms with van der Waals surface area (Å²) in [6, 6.07) is 6.21. The van der Waals surface area contributed by atoms with Crippen molar-refractivity contribution in [1.29, 1.82) is 0 Å². The monoisotopic (exact) mass is 258 g/mol. The molecule has 4 heteroatoms. The molecule has 2 rings (SSSR count). The van der Waals surface area contributed by atoms with Gasteiger partial charge in [-0.3, -0.25) is 4.79 Å². The Morgan fingerprint density at radius 2 is 2.00 bits per heavy atom. The SMILES string of the molecule is Cc1ccc(C)c(-c2nc(CC(=O)O)c(C)n2C)c1. The van der Waals surface area contributed by atoms with Gasteiger partial charge in [0.05, 0.1) is 12.1 Å². The van der Waals surface area contributed by atoms with E-state index in [4.69, 9.17) is 5.11 Å². The van der Waals surface area contributed by atoms with Crippen molar-refractivity contribution in [3.63, 3.8) is 0 Å². The minimum Gasteiger partial charge on any atom is -0.481 e. The number of aryl methyl sites for hydroxylation is 2. The highest BCUT2D eigenvalue weighted by molar-refractivity contribution is 5.71. The van der Waals surface area contributed by atoms with E-state index in [2.05, 4.69) is 23.2 Å². The first-order chi connectivity index (χ1) is 8.90. The van der Waals surface area contributed by atoms with Crippen molar-refractivity contribution >= 4 is 5.97 Å². The maximum atomic E-state index is 10.8. The van der Waals surface area contributed by atoms with Gasteiger partial charge in [-0.2, -0.15) is 0 Å². The van der Waals surface area contributed by atoms with Gasteiger partial charge in [0.2, 0.25) is 0 Å². The molecule has 0 atom stereocenters. The molecule has 1 aromatic heterocycles. The summed E-state index contributed by atoms with van der Waals surface area (Å²) in [4.78, 5) is 15.4. The third kappa shape index (κ3) is 2.52. The van der Waals surface area contributed by atoms with Gasteiger partial charge >= 0.3 is 5.97 Å². The lowest BCUT2D eigenvalue weighted by Gasteiger charge is -2.07. The molecule has 0 aliphatic rings. The molecule has 1 aromatic carbocycles. The van der Waals surface area contributed by atoms with E-state index in [-0.39, 0.29) is 6.42 Å². The average Bonchev–Trinajstić information content (AvgIpc) is 2.60. The maximum Gasteiger partial charge on any atom is 0.309 e. The average molecular weight is 258 g/mol. The number of carboxylic acid groups (broad SMARTS) is 1. The Bertz CT molecular complexity index is 642. The first kappa shape index (κ1) is 13.3. The Morgan fingerprint density at radius 3 is 2.63 bits per heavy atom. The zero-order chi connectivity index (χ0) is 14.2. The van der Waals surface area contributed by atoms with Crippen molar-refractivity contribution in [3.8, 4) is 11.4 Å². The first-order valence-corrected chi connectivity index (χ1v) is 6.21. The van der Waals surface area contributed by atoms with Crippen LogP contribution in [-0.4, -0.2) is 20.6 Å². The summed E-state index contributed by atoms with van der Waals surface area (Å²) in [5.41, 5.74) is 4.90. The molecule has 0 bridgehead atoms. The van der Waals surface area contributed by atoms with Gasteiger partial charge in [-0.25, -0.2) is 4.98 Å². The Labute approximate surface area is 112 Å². The fourth-order valence-corrected chi connectivity index (χ4v) is 2.16. The van der Waals surface area contributed by atoms with E-state index in [0.717, 1.165) is 22.6 Å². The number of carboxylic acids is 1. The van der Waals surface area contributed by atoms with E-state index in [1.807, 2.05) is 32.4 Å². The quantitative estimate of drug-likeness (QED) is 0.920. The van der Waals surface area contributed by atoms with E-state index in [1.54, 1.807) is 0 Å². The molecule has 0 unspecified atom stereocenters. The van der Waals surface area contributed by atoms with Crippen LogP contribution in [0.5, 0.6) is 0 Å². The zero-order valence-electron chi connectivity index (χ0n) is 11.7. The topological polar surface area (TPSA) is 55.1 Å². The fraction of sp³-hybridized carbons (Fsp3) is 0.333. The van der Waals surface area contributed by atoms with Crippen LogP contribution in [0.1, 0.15) is 22.5 Å². The molecule has 100 valence electrons. The van der Waals surface area contributed by atoms with Crippen LogP contribution in [0.3, 0.4) is 0 Å². The van der Waals surface area contributed by atoms with E-state index in [9.17, 15) is 4.79 Å². The molecule has 0 aliphatic carbocycles. The van der Waals surface area contributed by atoms with Crippen LogP contribution in [0, 0.1) is 20.8 Å². The molecule has 0 radical (unpaired) electrons. The van der Waals surface area contributed by atoms with Crippen LogP contribution in [-0.2, 0) is 18.3 Å². The summed E-state index contributed by atoms with van der Waals surface area (Å²) in [7, 11) is 1.92. The minimum atomic E-state index is -0.853. The molecule has 0 spiro atoms. The third-order valence-electron chi connectivity index (χ3n) is 3.43. The Kier molecular flexibility index (Phi) is 3.42. The van der Waals surface area contributed by atoms with Gasteiger partial charge in [0, 0.05) is 18.3 Å². The Hall–Kier alpha value is -2.10. The Morgan fingerprint density at radius 1 is 1.32 bits per heavy atom. The highest BCUT2D eigenvalue weighted by Crippen LogP contribution is 2.25. The number of rotatable bonds is 3. The van der Waals surface area contributed by atoms with Gasteiger partial charge in [-0.1, -0.05) is 17.7 Å². The lowest BCUT2D eigenvalue weighted by atomic mass is 10.1. The van der Waals surface area contributed by atoms with Crippen LogP contribution in [0.4, 0.5) is 0 Å². The van der Waals surface area contributed by atoms with E-state index >= 15 is 0 Å². The summed E-state index contributed by atoms with van der Waals surface area (Å²) in [6.45, 7) is 5.98. The number of aromatic nitrogens is 2. The van der Waals surface area contributed by atoms with Crippen LogP contribution in [0.25, 0.3) is 11.4 Å². The number of benzene rings is 1. The second-order valence-electron chi connectivity index (χ2n) is 4.92. The van der Waals surface area contributed by atoms with Gasteiger partial charge in [0.15, 0.2) is 0 Å². The molecule has 1 heterocycles. The summed E-state index contributed by atoms with van der Waals surface area (Å²) in [5, 5.41) is 8.91. The predicted octanol–water partition coefficient (Wildman–Crippen LogP) is 2.64. The fourth-order valence-electron chi connectivity index (χ4n) is 2.16. The summed E-state index contributed by atoms with van der Waals surface area (Å²) in [6.07, 6.45) is -0.0372. The number of nitrogens with zero attached hydrogens (tertiary/aromatic N) is 2. The standard InChI is InChI=1S/C15H18N2O2/c1-9-5-6-10(2)12(7-9)15-16-13(8-14(18)19)11(3)17(15)4/h5-7H,8H2,1-4H3,(H,18,19). The van der Waals surface area contributed by atoms with Gasteiger partial charge in [0.1, 0.15) is 5.82 Å². The molecule has 1 N–H and O–H groups in total. The summed E-state index contributed by atoms with van der Waals surface area (Å²) in [5.74, 6) is -0.0244. The summed E-state index contributed by atoms with van der Waals surface area (Å²) < 4.78 is 1.96. The Balaban J connectivity index is 2.57. The van der Waals surface area contributed by atoms with Crippen molar-refractivity contribution in [3.05, 3.63) is 40.7 Å². The number of imidazole rings is 1. The molecular formula is C15H18N2O2. The number of carbonyl (C=O) groups is 1. The second kappa shape index (κ2) is 4.88. The van der Waals surface area contributed by atoms with Crippen molar-refractivity contribution < 1.29 is 9.90 Å². The second-order valence-corrected chi connectivity index (χ2v) is 4.92. The zero-order valence-corrected chi connectivity index (χ0v) is 11.7. The molecule has 0 saturated heterocycles. The van der Waals surface area contributed by atoms with Gasteiger partial charge in [0.25, 0.3) is 0 Å². The summed E-state index contributed by atoms with van der Waals surface area (Å²) >= 11 is 0. The number of aliphatic carboxylic acids is 1. The van der Waals surface area contributed by atoms with Crippen molar-refractivity contribution in [2.75, 3.05) is 0 Å². The normalized spacial score (nSPS) is 10.7. The smallest absolute Gasteiger partial charge is 0.309 e. The maximum absolute atomic E-state index is 10.8. The van der Waals surface area contributed by atoms with Gasteiger partial charge < -0.3 is 9.67 Å². The van der Waals surface area contributed by atoms with Crippen molar-refractivity contribution in [2.45, 2.75) is 27.2 Å². The van der Waals surface area contributed by atoms with E-state index in [1.165, 1.54) is 5.56 Å². The predicted molar refractivity (Wildman–Crippen MR) is 74.2 cm³/mol. The lowest BCUT2D eigenvalue weighted by Crippen LogP contribution is -2.02. The van der Waals surface area contributed by atoms with Crippen LogP contribution < -0.4 is 0 Å². The number of hydrogen-bond donors (Lipinski definition) is 1.